The van der Waals surface area contributed by atoms with Crippen molar-refractivity contribution in [1.29, 1.82) is 0 Å². The topological polar surface area (TPSA) is 94.8 Å². The number of carbonyl (C=O) groups excluding carboxylic acids is 1. The van der Waals surface area contributed by atoms with Crippen LogP contribution in [0.1, 0.15) is 21.5 Å². The molecule has 8 heteroatoms. The molecule has 0 radical (unpaired) electrons. The first-order chi connectivity index (χ1) is 14.7. The van der Waals surface area contributed by atoms with E-state index in [4.69, 9.17) is 4.74 Å². The van der Waals surface area contributed by atoms with Crippen molar-refractivity contribution >= 4 is 5.91 Å². The summed E-state index contributed by atoms with van der Waals surface area (Å²) in [5.41, 5.74) is 3.28. The first kappa shape index (κ1) is 19.3. The van der Waals surface area contributed by atoms with E-state index >= 15 is 0 Å². The summed E-state index contributed by atoms with van der Waals surface area (Å²) in [5.74, 6) is 1.09. The molecular formula is C22H20N6O2. The van der Waals surface area contributed by atoms with E-state index in [0.29, 0.717) is 24.5 Å². The van der Waals surface area contributed by atoms with Crippen molar-refractivity contribution in [2.24, 2.45) is 0 Å². The molecule has 8 nitrogen and oxygen atoms in total. The van der Waals surface area contributed by atoms with Crippen molar-refractivity contribution < 1.29 is 9.53 Å². The van der Waals surface area contributed by atoms with Gasteiger partial charge in [-0.1, -0.05) is 24.3 Å². The number of nitrogens with zero attached hydrogens (tertiary/aromatic N) is 5. The minimum absolute atomic E-state index is 0.167. The van der Waals surface area contributed by atoms with Crippen LogP contribution >= 0.6 is 0 Å². The van der Waals surface area contributed by atoms with E-state index in [1.165, 1.54) is 4.80 Å². The highest BCUT2D eigenvalue weighted by molar-refractivity contribution is 5.95. The Balaban J connectivity index is 1.43. The Labute approximate surface area is 173 Å². The minimum atomic E-state index is -0.167. The van der Waals surface area contributed by atoms with E-state index < -0.39 is 0 Å². The third-order valence-electron chi connectivity index (χ3n) is 4.52. The fourth-order valence-corrected chi connectivity index (χ4v) is 2.90. The lowest BCUT2D eigenvalue weighted by atomic mass is 10.1. The molecule has 1 N–H and O–H groups in total. The van der Waals surface area contributed by atoms with Crippen LogP contribution in [0.15, 0.2) is 73.1 Å². The van der Waals surface area contributed by atoms with Crippen molar-refractivity contribution in [2.75, 3.05) is 7.11 Å². The number of amides is 1. The number of methoxy groups -OCH3 is 1. The maximum absolute atomic E-state index is 12.5. The summed E-state index contributed by atoms with van der Waals surface area (Å²) in [7, 11) is 1.63. The van der Waals surface area contributed by atoms with Gasteiger partial charge in [0.25, 0.3) is 5.91 Å². The molecule has 4 rings (SSSR count). The van der Waals surface area contributed by atoms with Gasteiger partial charge in [-0.05, 0) is 52.7 Å². The summed E-state index contributed by atoms with van der Waals surface area (Å²) in [6.45, 7) is 0.922. The lowest BCUT2D eigenvalue weighted by Crippen LogP contribution is -2.22. The fraction of sp³-hybridized carbons (Fsp3) is 0.136. The van der Waals surface area contributed by atoms with E-state index in [0.717, 1.165) is 22.4 Å². The highest BCUT2D eigenvalue weighted by Gasteiger charge is 2.11. The Morgan fingerprint density at radius 3 is 2.60 bits per heavy atom. The van der Waals surface area contributed by atoms with Gasteiger partial charge in [0, 0.05) is 30.1 Å². The summed E-state index contributed by atoms with van der Waals surface area (Å²) >= 11 is 0. The zero-order valence-corrected chi connectivity index (χ0v) is 16.4. The van der Waals surface area contributed by atoms with Gasteiger partial charge in [-0.25, -0.2) is 0 Å². The molecule has 0 atom stereocenters. The van der Waals surface area contributed by atoms with E-state index in [9.17, 15) is 4.79 Å². The average molecular weight is 400 g/mol. The molecule has 2 heterocycles. The number of aromatic nitrogens is 5. The molecule has 30 heavy (non-hydrogen) atoms. The van der Waals surface area contributed by atoms with Crippen LogP contribution in [0.3, 0.4) is 0 Å². The molecule has 0 bridgehead atoms. The van der Waals surface area contributed by atoms with Crippen LogP contribution in [-0.2, 0) is 13.1 Å². The molecule has 0 spiro atoms. The van der Waals surface area contributed by atoms with Crippen LogP contribution in [0.4, 0.5) is 0 Å². The van der Waals surface area contributed by atoms with Gasteiger partial charge >= 0.3 is 0 Å². The van der Waals surface area contributed by atoms with Crippen molar-refractivity contribution in [2.45, 2.75) is 13.1 Å². The third kappa shape index (κ3) is 4.67. The normalized spacial score (nSPS) is 10.6. The number of hydrogen-bond donors (Lipinski definition) is 1. The maximum atomic E-state index is 12.5. The summed E-state index contributed by atoms with van der Waals surface area (Å²) in [6, 6.07) is 18.6. The summed E-state index contributed by atoms with van der Waals surface area (Å²) in [5, 5.41) is 15.6. The van der Waals surface area contributed by atoms with Crippen LogP contribution in [0.25, 0.3) is 11.4 Å². The minimum Gasteiger partial charge on any atom is -0.497 e. The molecular weight excluding hydrogens is 380 g/mol. The van der Waals surface area contributed by atoms with Gasteiger partial charge in [0.15, 0.2) is 0 Å². The standard InChI is InChI=1S/C22H20N6O2/c1-30-20-7-5-17(6-8-20)15-28-26-21(25-27-28)18-3-2-4-19(13-18)22(29)24-14-16-9-11-23-12-10-16/h2-13H,14-15H2,1H3,(H,24,29). The Bertz CT molecular complexity index is 1130. The number of ether oxygens (including phenoxy) is 1. The second kappa shape index (κ2) is 8.95. The van der Waals surface area contributed by atoms with Crippen LogP contribution < -0.4 is 10.1 Å². The smallest absolute Gasteiger partial charge is 0.251 e. The van der Waals surface area contributed by atoms with Crippen molar-refractivity contribution in [3.8, 4) is 17.1 Å². The van der Waals surface area contributed by atoms with Crippen molar-refractivity contribution in [1.82, 2.24) is 30.5 Å². The first-order valence-corrected chi connectivity index (χ1v) is 9.39. The number of nitrogens with one attached hydrogen (secondary N) is 1. The van der Waals surface area contributed by atoms with Crippen LogP contribution in [0.5, 0.6) is 5.75 Å². The third-order valence-corrected chi connectivity index (χ3v) is 4.52. The lowest BCUT2D eigenvalue weighted by molar-refractivity contribution is 0.0951. The maximum Gasteiger partial charge on any atom is 0.251 e. The number of rotatable bonds is 7. The van der Waals surface area contributed by atoms with Crippen molar-refractivity contribution in [3.05, 3.63) is 89.7 Å². The monoisotopic (exact) mass is 400 g/mol. The fourth-order valence-electron chi connectivity index (χ4n) is 2.90. The first-order valence-electron chi connectivity index (χ1n) is 9.39. The Morgan fingerprint density at radius 2 is 1.83 bits per heavy atom. The summed E-state index contributed by atoms with van der Waals surface area (Å²) < 4.78 is 5.17. The van der Waals surface area contributed by atoms with Gasteiger partial charge in [-0.3, -0.25) is 9.78 Å². The molecule has 150 valence electrons. The molecule has 0 aliphatic heterocycles. The van der Waals surface area contributed by atoms with Gasteiger partial charge in [0.2, 0.25) is 5.82 Å². The molecule has 0 fully saturated rings. The lowest BCUT2D eigenvalue weighted by Gasteiger charge is -2.06. The van der Waals surface area contributed by atoms with Gasteiger partial charge in [-0.15, -0.1) is 10.2 Å². The summed E-state index contributed by atoms with van der Waals surface area (Å²) in [4.78, 5) is 18.0. The van der Waals surface area contributed by atoms with Crippen LogP contribution in [-0.4, -0.2) is 38.2 Å². The number of pyridine rings is 1. The van der Waals surface area contributed by atoms with Gasteiger partial charge in [0.1, 0.15) is 5.75 Å². The van der Waals surface area contributed by atoms with E-state index in [2.05, 4.69) is 25.7 Å². The second-order valence-corrected chi connectivity index (χ2v) is 6.61. The Hall–Kier alpha value is -4.07. The van der Waals surface area contributed by atoms with Crippen LogP contribution in [0.2, 0.25) is 0 Å². The number of tetrazole rings is 1. The second-order valence-electron chi connectivity index (χ2n) is 6.61. The largest absolute Gasteiger partial charge is 0.497 e. The van der Waals surface area contributed by atoms with Crippen LogP contribution in [0, 0.1) is 0 Å². The van der Waals surface area contributed by atoms with Gasteiger partial charge in [0.05, 0.1) is 13.7 Å². The molecule has 0 aliphatic rings. The van der Waals surface area contributed by atoms with E-state index in [1.54, 1.807) is 37.7 Å². The SMILES string of the molecule is COc1ccc(Cn2nnc(-c3cccc(C(=O)NCc4ccncc4)c3)n2)cc1. The quantitative estimate of drug-likeness (QED) is 0.513. The molecule has 1 amide bonds. The zero-order chi connectivity index (χ0) is 20.8. The molecule has 4 aromatic rings. The Morgan fingerprint density at radius 1 is 1.03 bits per heavy atom. The number of carbonyl (C=O) groups is 1. The highest BCUT2D eigenvalue weighted by Crippen LogP contribution is 2.17. The van der Waals surface area contributed by atoms with Gasteiger partial charge < -0.3 is 10.1 Å². The van der Waals surface area contributed by atoms with Crippen molar-refractivity contribution in [3.63, 3.8) is 0 Å². The highest BCUT2D eigenvalue weighted by atomic mass is 16.5. The molecule has 0 saturated heterocycles. The zero-order valence-electron chi connectivity index (χ0n) is 16.4. The molecule has 0 aliphatic carbocycles. The molecule has 0 saturated carbocycles. The average Bonchev–Trinajstić information content (AvgIpc) is 3.27. The van der Waals surface area contributed by atoms with Gasteiger partial charge in [-0.2, -0.15) is 4.80 Å². The number of hydrogen-bond acceptors (Lipinski definition) is 6. The predicted octanol–water partition coefficient (Wildman–Crippen LogP) is 2.72. The Kier molecular flexibility index (Phi) is 5.75. The van der Waals surface area contributed by atoms with E-state index in [-0.39, 0.29) is 5.91 Å². The predicted molar refractivity (Wildman–Crippen MR) is 111 cm³/mol. The number of benzene rings is 2. The molecule has 0 unspecified atom stereocenters. The molecule has 2 aromatic carbocycles. The van der Waals surface area contributed by atoms with E-state index in [1.807, 2.05) is 42.5 Å². The molecule has 2 aromatic heterocycles. The summed E-state index contributed by atoms with van der Waals surface area (Å²) in [6.07, 6.45) is 3.39.